The van der Waals surface area contributed by atoms with Crippen molar-refractivity contribution in [3.63, 3.8) is 0 Å². The molecule has 2 amide bonds. The molecule has 1 aliphatic carbocycles. The van der Waals surface area contributed by atoms with Gasteiger partial charge < -0.3 is 19.9 Å². The summed E-state index contributed by atoms with van der Waals surface area (Å²) < 4.78 is 5.37. The first-order valence-corrected chi connectivity index (χ1v) is 10.7. The van der Waals surface area contributed by atoms with Crippen LogP contribution in [0.2, 0.25) is 0 Å². The second-order valence-electron chi connectivity index (χ2n) is 8.67. The van der Waals surface area contributed by atoms with Gasteiger partial charge >= 0.3 is 6.03 Å². The Morgan fingerprint density at radius 3 is 2.97 bits per heavy atom. The number of likely N-dealkylation sites (tertiary alicyclic amines) is 1. The number of aryl methyl sites for hydroxylation is 1. The lowest BCUT2D eigenvalue weighted by atomic mass is 9.96. The number of carbonyl (C=O) groups is 1. The van der Waals surface area contributed by atoms with Gasteiger partial charge in [0.2, 0.25) is 0 Å². The smallest absolute Gasteiger partial charge is 0.318 e. The molecule has 2 aliphatic rings. The van der Waals surface area contributed by atoms with Gasteiger partial charge in [0, 0.05) is 18.5 Å². The number of aromatic nitrogens is 2. The summed E-state index contributed by atoms with van der Waals surface area (Å²) in [4.78, 5) is 23.2. The minimum Gasteiger partial charge on any atom is -0.497 e. The van der Waals surface area contributed by atoms with Crippen LogP contribution >= 0.6 is 0 Å². The zero-order valence-electron chi connectivity index (χ0n) is 17.6. The van der Waals surface area contributed by atoms with Crippen LogP contribution < -0.4 is 10.1 Å². The first-order chi connectivity index (χ1) is 14.6. The molecule has 30 heavy (non-hydrogen) atoms. The average Bonchev–Trinajstić information content (AvgIpc) is 3.19. The molecule has 1 saturated carbocycles. The second-order valence-corrected chi connectivity index (χ2v) is 8.67. The van der Waals surface area contributed by atoms with E-state index in [1.165, 1.54) is 11.1 Å². The fourth-order valence-electron chi connectivity index (χ4n) is 4.61. The van der Waals surface area contributed by atoms with Gasteiger partial charge in [-0.2, -0.15) is 0 Å². The maximum atomic E-state index is 13.1. The van der Waals surface area contributed by atoms with Gasteiger partial charge in [0.15, 0.2) is 0 Å². The van der Waals surface area contributed by atoms with Gasteiger partial charge in [0.25, 0.3) is 0 Å². The number of aromatic amines is 1. The van der Waals surface area contributed by atoms with Crippen LogP contribution in [0.3, 0.4) is 0 Å². The van der Waals surface area contributed by atoms with Crippen LogP contribution in [0.1, 0.15) is 48.7 Å². The standard InChI is InChI=1S/C24H28N4O2/c1-16-8-9-19-20(13-16)27-22(26-19)21-7-4-12-28(21)23(29)25-15-24(10-11-24)17-5-3-6-18(14-17)30-2/h3,5-6,8-9,13-14,21H,4,7,10-12,15H2,1-2H3,(H,25,29)(H,26,27). The van der Waals surface area contributed by atoms with Crippen LogP contribution in [0, 0.1) is 6.92 Å². The fraction of sp³-hybridized carbons (Fsp3) is 0.417. The van der Waals surface area contributed by atoms with Crippen LogP contribution in [0.15, 0.2) is 42.5 Å². The number of carbonyl (C=O) groups excluding carboxylic acids is 1. The SMILES string of the molecule is COc1cccc(C2(CNC(=O)N3CCCC3c3nc4ccc(C)cc4[nH]3)CC2)c1. The Hall–Kier alpha value is -3.02. The Morgan fingerprint density at radius 2 is 2.17 bits per heavy atom. The maximum absolute atomic E-state index is 13.1. The van der Waals surface area contributed by atoms with Crippen molar-refractivity contribution in [1.82, 2.24) is 20.2 Å². The highest BCUT2D eigenvalue weighted by atomic mass is 16.5. The molecule has 2 heterocycles. The topological polar surface area (TPSA) is 70.2 Å². The Morgan fingerprint density at radius 1 is 1.30 bits per heavy atom. The van der Waals surface area contributed by atoms with Crippen molar-refractivity contribution in [2.45, 2.75) is 44.1 Å². The first kappa shape index (κ1) is 19.0. The van der Waals surface area contributed by atoms with E-state index >= 15 is 0 Å². The Labute approximate surface area is 176 Å². The predicted molar refractivity (Wildman–Crippen MR) is 117 cm³/mol. The highest BCUT2D eigenvalue weighted by Crippen LogP contribution is 2.48. The van der Waals surface area contributed by atoms with Crippen molar-refractivity contribution in [3.05, 3.63) is 59.4 Å². The third-order valence-electron chi connectivity index (χ3n) is 6.60. The molecular formula is C24H28N4O2. The van der Waals surface area contributed by atoms with Gasteiger partial charge in [-0.15, -0.1) is 0 Å². The van der Waals surface area contributed by atoms with E-state index in [1.807, 2.05) is 23.1 Å². The van der Waals surface area contributed by atoms with Gasteiger partial charge in [-0.25, -0.2) is 9.78 Å². The molecule has 5 rings (SSSR count). The average molecular weight is 405 g/mol. The number of imidazole rings is 1. The molecule has 6 nitrogen and oxygen atoms in total. The van der Waals surface area contributed by atoms with Crippen molar-refractivity contribution in [2.24, 2.45) is 0 Å². The summed E-state index contributed by atoms with van der Waals surface area (Å²) in [6.45, 7) is 3.49. The molecule has 1 aliphatic heterocycles. The zero-order valence-corrected chi connectivity index (χ0v) is 17.6. The molecule has 0 radical (unpaired) electrons. The number of nitrogens with one attached hydrogen (secondary N) is 2. The number of nitrogens with zero attached hydrogens (tertiary/aromatic N) is 2. The highest BCUT2D eigenvalue weighted by Gasteiger charge is 2.45. The lowest BCUT2D eigenvalue weighted by molar-refractivity contribution is 0.190. The number of benzene rings is 2. The molecule has 1 saturated heterocycles. The fourth-order valence-corrected chi connectivity index (χ4v) is 4.61. The second kappa shape index (κ2) is 7.35. The third-order valence-corrected chi connectivity index (χ3v) is 6.60. The summed E-state index contributed by atoms with van der Waals surface area (Å²) >= 11 is 0. The van der Waals surface area contributed by atoms with Crippen molar-refractivity contribution in [3.8, 4) is 5.75 Å². The van der Waals surface area contributed by atoms with Gasteiger partial charge in [-0.3, -0.25) is 0 Å². The van der Waals surface area contributed by atoms with Crippen LogP contribution in [0.5, 0.6) is 5.75 Å². The van der Waals surface area contributed by atoms with E-state index in [0.29, 0.717) is 6.54 Å². The molecule has 0 bridgehead atoms. The van der Waals surface area contributed by atoms with E-state index < -0.39 is 0 Å². The molecule has 3 aromatic rings. The molecule has 2 aromatic carbocycles. The van der Waals surface area contributed by atoms with E-state index in [1.54, 1.807) is 7.11 Å². The normalized spacial score (nSPS) is 19.8. The number of amides is 2. The highest BCUT2D eigenvalue weighted by molar-refractivity contribution is 5.77. The van der Waals surface area contributed by atoms with E-state index in [4.69, 9.17) is 9.72 Å². The van der Waals surface area contributed by atoms with Gasteiger partial charge in [-0.1, -0.05) is 18.2 Å². The van der Waals surface area contributed by atoms with Crippen molar-refractivity contribution in [2.75, 3.05) is 20.2 Å². The minimum absolute atomic E-state index is 0.00306. The van der Waals surface area contributed by atoms with Crippen LogP contribution in [-0.4, -0.2) is 41.1 Å². The van der Waals surface area contributed by atoms with Gasteiger partial charge in [0.1, 0.15) is 11.6 Å². The predicted octanol–water partition coefficient (Wildman–Crippen LogP) is 4.46. The molecule has 2 fully saturated rings. The summed E-state index contributed by atoms with van der Waals surface area (Å²) in [6.07, 6.45) is 4.11. The van der Waals surface area contributed by atoms with E-state index in [0.717, 1.165) is 54.8 Å². The number of methoxy groups -OCH3 is 1. The largest absolute Gasteiger partial charge is 0.497 e. The molecule has 1 atom stereocenters. The lowest BCUT2D eigenvalue weighted by Crippen LogP contribution is -2.42. The molecule has 2 N–H and O–H groups in total. The maximum Gasteiger partial charge on any atom is 0.318 e. The van der Waals surface area contributed by atoms with Crippen LogP contribution in [0.25, 0.3) is 11.0 Å². The molecule has 1 aromatic heterocycles. The summed E-state index contributed by atoms with van der Waals surface area (Å²) in [6, 6.07) is 14.4. The number of rotatable bonds is 5. The van der Waals surface area contributed by atoms with Gasteiger partial charge in [0.05, 0.1) is 24.2 Å². The number of H-pyrrole nitrogens is 1. The quantitative estimate of drug-likeness (QED) is 0.660. The number of hydrogen-bond acceptors (Lipinski definition) is 3. The zero-order chi connectivity index (χ0) is 20.7. The van der Waals surface area contributed by atoms with Crippen molar-refractivity contribution >= 4 is 17.1 Å². The van der Waals surface area contributed by atoms with E-state index in [9.17, 15) is 4.79 Å². The van der Waals surface area contributed by atoms with E-state index in [-0.39, 0.29) is 17.5 Å². The number of urea groups is 1. The third kappa shape index (κ3) is 3.40. The molecule has 6 heteroatoms. The molecule has 156 valence electrons. The van der Waals surface area contributed by atoms with Crippen molar-refractivity contribution < 1.29 is 9.53 Å². The van der Waals surface area contributed by atoms with Crippen molar-refractivity contribution in [1.29, 1.82) is 0 Å². The monoisotopic (exact) mass is 404 g/mol. The Kier molecular flexibility index (Phi) is 4.65. The van der Waals surface area contributed by atoms with Crippen LogP contribution in [-0.2, 0) is 5.41 Å². The summed E-state index contributed by atoms with van der Waals surface area (Å²) in [5.74, 6) is 1.75. The van der Waals surface area contributed by atoms with Crippen LogP contribution in [0.4, 0.5) is 4.79 Å². The summed E-state index contributed by atoms with van der Waals surface area (Å²) in [5.41, 5.74) is 4.47. The Bertz CT molecular complexity index is 1090. The minimum atomic E-state index is 0.00306. The number of fused-ring (bicyclic) bond motifs is 1. The first-order valence-electron chi connectivity index (χ1n) is 10.7. The summed E-state index contributed by atoms with van der Waals surface area (Å²) in [7, 11) is 1.69. The lowest BCUT2D eigenvalue weighted by Gasteiger charge is -2.25. The molecule has 0 spiro atoms. The summed E-state index contributed by atoms with van der Waals surface area (Å²) in [5, 5.41) is 3.21. The Balaban J connectivity index is 1.29. The van der Waals surface area contributed by atoms with E-state index in [2.05, 4.69) is 41.5 Å². The molecule has 1 unspecified atom stereocenters. The number of ether oxygens (including phenoxy) is 1. The molecular weight excluding hydrogens is 376 g/mol. The number of hydrogen-bond donors (Lipinski definition) is 2. The van der Waals surface area contributed by atoms with Gasteiger partial charge in [-0.05, 0) is 68.0 Å².